The molecule has 2 heterocycles. The number of nitrogens with one attached hydrogen (secondary N) is 1. The summed E-state index contributed by atoms with van der Waals surface area (Å²) >= 11 is 3.07. The number of aliphatic hydroxyl groups is 1. The van der Waals surface area contributed by atoms with Gasteiger partial charge in [0, 0.05) is 20.2 Å². The fourth-order valence-electron chi connectivity index (χ4n) is 2.47. The summed E-state index contributed by atoms with van der Waals surface area (Å²) in [6, 6.07) is 13.6. The number of hydrogen-bond donors (Lipinski definition) is 2. The number of hydrogen-bond acceptors (Lipinski definition) is 4. The van der Waals surface area contributed by atoms with Crippen molar-refractivity contribution in [2.24, 2.45) is 0 Å². The van der Waals surface area contributed by atoms with Crippen molar-refractivity contribution in [3.8, 4) is 0 Å². The minimum atomic E-state index is -0.585. The number of aryl methyl sites for hydroxylation is 2. The van der Waals surface area contributed by atoms with Crippen LogP contribution in [0.2, 0.25) is 0 Å². The van der Waals surface area contributed by atoms with Crippen LogP contribution in [0.3, 0.4) is 0 Å². The van der Waals surface area contributed by atoms with Crippen molar-refractivity contribution in [3.63, 3.8) is 0 Å². The second-order valence-corrected chi connectivity index (χ2v) is 7.90. The molecule has 3 nitrogen and oxygen atoms in total. The van der Waals surface area contributed by atoms with E-state index in [1.807, 2.05) is 61.7 Å². The van der Waals surface area contributed by atoms with E-state index in [0.29, 0.717) is 12.1 Å². The van der Waals surface area contributed by atoms with Crippen LogP contribution in [0.1, 0.15) is 42.2 Å². The van der Waals surface area contributed by atoms with Gasteiger partial charge in [0.15, 0.2) is 0 Å². The van der Waals surface area contributed by atoms with Gasteiger partial charge < -0.3 is 10.4 Å². The van der Waals surface area contributed by atoms with Gasteiger partial charge in [0.1, 0.15) is 6.10 Å². The molecule has 1 atom stereocenters. The number of thiophene rings is 2. The number of carbonyl (C=O) groups is 1. The lowest BCUT2D eigenvalue weighted by atomic mass is 10.1. The summed E-state index contributed by atoms with van der Waals surface area (Å²) in [6.45, 7) is 4.39. The molecule has 124 valence electrons. The van der Waals surface area contributed by atoms with E-state index in [1.165, 1.54) is 11.3 Å². The predicted molar refractivity (Wildman–Crippen MR) is 99.8 cm³/mol. The Labute approximate surface area is 149 Å². The zero-order chi connectivity index (χ0) is 17.1. The van der Waals surface area contributed by atoms with Crippen molar-refractivity contribution in [2.75, 3.05) is 0 Å². The summed E-state index contributed by atoms with van der Waals surface area (Å²) in [5.74, 6) is -0.0649. The first-order valence-corrected chi connectivity index (χ1v) is 9.40. The zero-order valence-corrected chi connectivity index (χ0v) is 15.2. The third kappa shape index (κ3) is 3.75. The van der Waals surface area contributed by atoms with E-state index >= 15 is 0 Å². The first kappa shape index (κ1) is 16.9. The third-order valence-electron chi connectivity index (χ3n) is 3.83. The van der Waals surface area contributed by atoms with Crippen LogP contribution in [0.25, 0.3) is 0 Å². The maximum Gasteiger partial charge on any atom is 0.251 e. The summed E-state index contributed by atoms with van der Waals surface area (Å²) < 4.78 is 0. The smallest absolute Gasteiger partial charge is 0.251 e. The molecule has 0 fully saturated rings. The highest BCUT2D eigenvalue weighted by atomic mass is 32.1. The molecule has 1 unspecified atom stereocenters. The van der Waals surface area contributed by atoms with E-state index in [2.05, 4.69) is 5.32 Å². The average Bonchev–Trinajstić information content (AvgIpc) is 3.26. The van der Waals surface area contributed by atoms with Crippen molar-refractivity contribution in [2.45, 2.75) is 26.5 Å². The molecule has 0 spiro atoms. The van der Waals surface area contributed by atoms with Crippen molar-refractivity contribution >= 4 is 28.6 Å². The summed E-state index contributed by atoms with van der Waals surface area (Å²) in [6.07, 6.45) is -0.585. The topological polar surface area (TPSA) is 49.3 Å². The molecule has 0 saturated carbocycles. The maximum atomic E-state index is 12.4. The minimum Gasteiger partial charge on any atom is -0.382 e. The van der Waals surface area contributed by atoms with Crippen LogP contribution in [0.5, 0.6) is 0 Å². The Kier molecular flexibility index (Phi) is 5.14. The SMILES string of the molecule is Cc1ccc(C)c(C(=O)NCc2ccc(C(O)c3cccs3)s2)c1. The Morgan fingerprint density at radius 2 is 2.00 bits per heavy atom. The largest absolute Gasteiger partial charge is 0.382 e. The molecular formula is C19H19NO2S2. The molecule has 3 rings (SSSR count). The highest BCUT2D eigenvalue weighted by Crippen LogP contribution is 2.30. The molecule has 0 bridgehead atoms. The number of rotatable bonds is 5. The van der Waals surface area contributed by atoms with Gasteiger partial charge in [-0.2, -0.15) is 0 Å². The molecule has 3 aromatic rings. The lowest BCUT2D eigenvalue weighted by Gasteiger charge is -2.08. The number of carbonyl (C=O) groups excluding carboxylic acids is 1. The van der Waals surface area contributed by atoms with E-state index in [0.717, 1.165) is 25.8 Å². The lowest BCUT2D eigenvalue weighted by Crippen LogP contribution is -2.23. The van der Waals surface area contributed by atoms with Crippen LogP contribution in [0, 0.1) is 13.8 Å². The van der Waals surface area contributed by atoms with Gasteiger partial charge in [-0.25, -0.2) is 0 Å². The lowest BCUT2D eigenvalue weighted by molar-refractivity contribution is 0.0950. The molecule has 0 radical (unpaired) electrons. The molecular weight excluding hydrogens is 338 g/mol. The van der Waals surface area contributed by atoms with Crippen LogP contribution in [0.4, 0.5) is 0 Å². The molecule has 2 aromatic heterocycles. The summed E-state index contributed by atoms with van der Waals surface area (Å²) in [7, 11) is 0. The van der Waals surface area contributed by atoms with Crippen molar-refractivity contribution < 1.29 is 9.90 Å². The number of amides is 1. The molecule has 5 heteroatoms. The Bertz CT molecular complexity index is 837. The van der Waals surface area contributed by atoms with Crippen LogP contribution in [-0.4, -0.2) is 11.0 Å². The van der Waals surface area contributed by atoms with Gasteiger partial charge in [-0.15, -0.1) is 22.7 Å². The third-order valence-corrected chi connectivity index (χ3v) is 5.89. The average molecular weight is 358 g/mol. The number of aliphatic hydroxyl groups excluding tert-OH is 1. The molecule has 0 saturated heterocycles. The first-order valence-electron chi connectivity index (χ1n) is 7.70. The highest BCUT2D eigenvalue weighted by Gasteiger charge is 2.15. The maximum absolute atomic E-state index is 12.4. The van der Waals surface area contributed by atoms with Crippen molar-refractivity contribution in [3.05, 3.63) is 79.2 Å². The second kappa shape index (κ2) is 7.30. The van der Waals surface area contributed by atoms with Crippen LogP contribution in [-0.2, 0) is 6.54 Å². The summed E-state index contributed by atoms with van der Waals surface area (Å²) in [5, 5.41) is 15.3. The Hall–Kier alpha value is -1.95. The normalized spacial score (nSPS) is 12.1. The van der Waals surface area contributed by atoms with E-state index in [9.17, 15) is 9.90 Å². The van der Waals surface area contributed by atoms with Gasteiger partial charge >= 0.3 is 0 Å². The van der Waals surface area contributed by atoms with Gasteiger partial charge in [0.2, 0.25) is 0 Å². The Morgan fingerprint density at radius 1 is 1.17 bits per heavy atom. The highest BCUT2D eigenvalue weighted by molar-refractivity contribution is 7.12. The van der Waals surface area contributed by atoms with Gasteiger partial charge in [0.05, 0.1) is 6.54 Å². The molecule has 0 aliphatic carbocycles. The Morgan fingerprint density at radius 3 is 2.75 bits per heavy atom. The minimum absolute atomic E-state index is 0.0649. The predicted octanol–water partition coefficient (Wildman–Crippen LogP) is 4.44. The van der Waals surface area contributed by atoms with E-state index in [1.54, 1.807) is 11.3 Å². The van der Waals surface area contributed by atoms with Crippen LogP contribution in [0.15, 0.2) is 47.8 Å². The molecule has 0 aliphatic rings. The van der Waals surface area contributed by atoms with Crippen molar-refractivity contribution in [1.29, 1.82) is 0 Å². The molecule has 1 aromatic carbocycles. The van der Waals surface area contributed by atoms with Gasteiger partial charge in [-0.3, -0.25) is 4.79 Å². The second-order valence-electron chi connectivity index (χ2n) is 5.72. The van der Waals surface area contributed by atoms with Gasteiger partial charge in [-0.05, 0) is 49.1 Å². The molecule has 0 aliphatic heterocycles. The van der Waals surface area contributed by atoms with Crippen LogP contribution < -0.4 is 5.32 Å². The van der Waals surface area contributed by atoms with E-state index in [-0.39, 0.29) is 5.91 Å². The molecule has 24 heavy (non-hydrogen) atoms. The molecule has 2 N–H and O–H groups in total. The van der Waals surface area contributed by atoms with E-state index in [4.69, 9.17) is 0 Å². The van der Waals surface area contributed by atoms with Crippen molar-refractivity contribution in [1.82, 2.24) is 5.32 Å². The van der Waals surface area contributed by atoms with Gasteiger partial charge in [0.25, 0.3) is 5.91 Å². The monoisotopic (exact) mass is 357 g/mol. The number of benzene rings is 1. The quantitative estimate of drug-likeness (QED) is 0.709. The zero-order valence-electron chi connectivity index (χ0n) is 13.6. The standard InChI is InChI=1S/C19H19NO2S2/c1-12-5-6-13(2)15(10-12)19(22)20-11-14-7-8-17(24-14)18(21)16-4-3-9-23-16/h3-10,18,21H,11H2,1-2H3,(H,20,22). The fraction of sp³-hybridized carbons (Fsp3) is 0.211. The fourth-order valence-corrected chi connectivity index (χ4v) is 4.23. The van der Waals surface area contributed by atoms with E-state index < -0.39 is 6.10 Å². The molecule has 1 amide bonds. The van der Waals surface area contributed by atoms with Crippen LogP contribution >= 0.6 is 22.7 Å². The first-order chi connectivity index (χ1) is 11.5. The van der Waals surface area contributed by atoms with Gasteiger partial charge in [-0.1, -0.05) is 23.8 Å². The summed E-state index contributed by atoms with van der Waals surface area (Å²) in [4.78, 5) is 15.2. The Balaban J connectivity index is 1.65. The summed E-state index contributed by atoms with van der Waals surface area (Å²) in [5.41, 5.74) is 2.76.